The highest BCUT2D eigenvalue weighted by molar-refractivity contribution is 7.89. The summed E-state index contributed by atoms with van der Waals surface area (Å²) in [7, 11) is -4.09. The SMILES string of the molecule is CC(C)(C)OC(=O)N1CCCC(c2ccc(S(N)(=O)=O)c(F)c2)C1. The molecule has 0 aliphatic carbocycles. The molecule has 2 N–H and O–H groups in total. The number of benzene rings is 1. The fourth-order valence-corrected chi connectivity index (χ4v) is 3.33. The molecular formula is C16H23FN2O4S. The zero-order chi connectivity index (χ0) is 18.1. The normalized spacial score (nSPS) is 19.2. The number of ether oxygens (including phenoxy) is 1. The Balaban J connectivity index is 2.15. The Morgan fingerprint density at radius 2 is 2.04 bits per heavy atom. The van der Waals surface area contributed by atoms with Crippen molar-refractivity contribution in [2.75, 3.05) is 13.1 Å². The second kappa shape index (κ2) is 6.68. The first-order chi connectivity index (χ1) is 11.0. The number of amides is 1. The van der Waals surface area contributed by atoms with Gasteiger partial charge in [0, 0.05) is 19.0 Å². The average Bonchev–Trinajstić information content (AvgIpc) is 2.44. The van der Waals surface area contributed by atoms with E-state index in [1.54, 1.807) is 31.7 Å². The number of nitrogens with zero attached hydrogens (tertiary/aromatic N) is 1. The van der Waals surface area contributed by atoms with Gasteiger partial charge in [-0.05, 0) is 51.3 Å². The van der Waals surface area contributed by atoms with Gasteiger partial charge in [0.2, 0.25) is 10.0 Å². The quantitative estimate of drug-likeness (QED) is 0.880. The number of hydrogen-bond donors (Lipinski definition) is 1. The molecule has 0 radical (unpaired) electrons. The molecule has 0 spiro atoms. The fourth-order valence-electron chi connectivity index (χ4n) is 2.74. The lowest BCUT2D eigenvalue weighted by molar-refractivity contribution is 0.0198. The summed E-state index contributed by atoms with van der Waals surface area (Å²) in [5, 5.41) is 4.97. The molecule has 1 fully saturated rings. The average molecular weight is 358 g/mol. The lowest BCUT2D eigenvalue weighted by Crippen LogP contribution is -2.42. The number of carbonyl (C=O) groups excluding carboxylic acids is 1. The van der Waals surface area contributed by atoms with Gasteiger partial charge in [-0.25, -0.2) is 22.7 Å². The van der Waals surface area contributed by atoms with Gasteiger partial charge >= 0.3 is 6.09 Å². The topological polar surface area (TPSA) is 89.7 Å². The van der Waals surface area contributed by atoms with Crippen molar-refractivity contribution >= 4 is 16.1 Å². The summed E-state index contributed by atoms with van der Waals surface area (Å²) < 4.78 is 41.9. The van der Waals surface area contributed by atoms with Crippen LogP contribution in [0.1, 0.15) is 45.1 Å². The smallest absolute Gasteiger partial charge is 0.410 e. The molecule has 0 saturated carbocycles. The summed E-state index contributed by atoms with van der Waals surface area (Å²) >= 11 is 0. The van der Waals surface area contributed by atoms with Crippen molar-refractivity contribution < 1.29 is 22.3 Å². The van der Waals surface area contributed by atoms with Crippen molar-refractivity contribution in [3.8, 4) is 0 Å². The highest BCUT2D eigenvalue weighted by Gasteiger charge is 2.29. The molecule has 1 aromatic rings. The standard InChI is InChI=1S/C16H23FN2O4S/c1-16(2,3)23-15(20)19-8-4-5-12(10-19)11-6-7-14(13(17)9-11)24(18,21)22/h6-7,9,12H,4-5,8,10H2,1-3H3,(H2,18,21,22). The van der Waals surface area contributed by atoms with Crippen LogP contribution in [0.4, 0.5) is 9.18 Å². The molecule has 1 saturated heterocycles. The summed E-state index contributed by atoms with van der Waals surface area (Å²) in [6.07, 6.45) is 1.16. The summed E-state index contributed by atoms with van der Waals surface area (Å²) in [5.74, 6) is -0.945. The largest absolute Gasteiger partial charge is 0.444 e. The molecule has 1 aliphatic heterocycles. The van der Waals surface area contributed by atoms with E-state index in [-0.39, 0.29) is 5.92 Å². The van der Waals surface area contributed by atoms with E-state index in [1.165, 1.54) is 12.1 Å². The number of carbonyl (C=O) groups is 1. The van der Waals surface area contributed by atoms with Gasteiger partial charge in [0.05, 0.1) is 0 Å². The highest BCUT2D eigenvalue weighted by Crippen LogP contribution is 2.29. The van der Waals surface area contributed by atoms with Gasteiger partial charge < -0.3 is 9.64 Å². The number of hydrogen-bond acceptors (Lipinski definition) is 4. The maximum Gasteiger partial charge on any atom is 0.410 e. The zero-order valence-electron chi connectivity index (χ0n) is 14.1. The van der Waals surface area contributed by atoms with Crippen molar-refractivity contribution in [1.82, 2.24) is 4.90 Å². The third kappa shape index (κ3) is 4.67. The molecule has 24 heavy (non-hydrogen) atoms. The van der Waals surface area contributed by atoms with Crippen molar-refractivity contribution in [3.63, 3.8) is 0 Å². The van der Waals surface area contributed by atoms with Crippen LogP contribution >= 0.6 is 0 Å². The van der Waals surface area contributed by atoms with Crippen LogP contribution < -0.4 is 5.14 Å². The molecule has 1 unspecified atom stereocenters. The molecule has 8 heteroatoms. The van der Waals surface area contributed by atoms with Crippen LogP contribution in [0, 0.1) is 5.82 Å². The van der Waals surface area contributed by atoms with Gasteiger partial charge in [-0.3, -0.25) is 0 Å². The maximum atomic E-state index is 14.0. The minimum atomic E-state index is -4.09. The Kier molecular flexibility index (Phi) is 5.19. The van der Waals surface area contributed by atoms with Gasteiger partial charge in [-0.2, -0.15) is 0 Å². The number of likely N-dealkylation sites (tertiary alicyclic amines) is 1. The molecule has 0 bridgehead atoms. The zero-order valence-corrected chi connectivity index (χ0v) is 14.9. The molecule has 134 valence electrons. The lowest BCUT2D eigenvalue weighted by Gasteiger charge is -2.34. The van der Waals surface area contributed by atoms with E-state index in [4.69, 9.17) is 9.88 Å². The van der Waals surface area contributed by atoms with Crippen LogP contribution in [0.25, 0.3) is 0 Å². The third-order valence-electron chi connectivity index (χ3n) is 3.81. The van der Waals surface area contributed by atoms with E-state index in [0.717, 1.165) is 12.8 Å². The molecule has 1 heterocycles. The Morgan fingerprint density at radius 1 is 1.38 bits per heavy atom. The van der Waals surface area contributed by atoms with Crippen LogP contribution in [0.15, 0.2) is 23.1 Å². The summed E-state index contributed by atoms with van der Waals surface area (Å²) in [6.45, 7) is 6.39. The summed E-state index contributed by atoms with van der Waals surface area (Å²) in [5.41, 5.74) is 0.0703. The minimum Gasteiger partial charge on any atom is -0.444 e. The Morgan fingerprint density at radius 3 is 2.58 bits per heavy atom. The monoisotopic (exact) mass is 358 g/mol. The number of halogens is 1. The van der Waals surface area contributed by atoms with Crippen molar-refractivity contribution in [2.45, 2.75) is 50.0 Å². The molecule has 0 aromatic heterocycles. The predicted octanol–water partition coefficient (Wildman–Crippen LogP) is 2.59. The fraction of sp³-hybridized carbons (Fsp3) is 0.562. The molecule has 1 aliphatic rings. The van der Waals surface area contributed by atoms with Gasteiger partial charge in [-0.1, -0.05) is 6.07 Å². The third-order valence-corrected chi connectivity index (χ3v) is 4.75. The first-order valence-electron chi connectivity index (χ1n) is 7.77. The van der Waals surface area contributed by atoms with Gasteiger partial charge in [0.25, 0.3) is 0 Å². The van der Waals surface area contributed by atoms with Crippen LogP contribution in [-0.4, -0.2) is 38.1 Å². The van der Waals surface area contributed by atoms with Gasteiger partial charge in [0.1, 0.15) is 16.3 Å². The Labute approximate surface area is 141 Å². The lowest BCUT2D eigenvalue weighted by atomic mass is 9.91. The van der Waals surface area contributed by atoms with E-state index < -0.39 is 32.4 Å². The molecule has 1 aromatic carbocycles. The number of nitrogens with two attached hydrogens (primary N) is 1. The first kappa shape index (κ1) is 18.7. The van der Waals surface area contributed by atoms with E-state index >= 15 is 0 Å². The first-order valence-corrected chi connectivity index (χ1v) is 9.32. The van der Waals surface area contributed by atoms with Crippen LogP contribution in [0.3, 0.4) is 0 Å². The van der Waals surface area contributed by atoms with Gasteiger partial charge in [0.15, 0.2) is 0 Å². The predicted molar refractivity (Wildman–Crippen MR) is 87.6 cm³/mol. The number of sulfonamides is 1. The van der Waals surface area contributed by atoms with Crippen LogP contribution in [-0.2, 0) is 14.8 Å². The molecule has 6 nitrogen and oxygen atoms in total. The molecule has 1 amide bonds. The van der Waals surface area contributed by atoms with E-state index in [9.17, 15) is 17.6 Å². The number of piperidine rings is 1. The molecule has 1 atom stereocenters. The second-order valence-corrected chi connectivity index (χ2v) is 8.53. The second-order valence-electron chi connectivity index (χ2n) is 7.00. The highest BCUT2D eigenvalue weighted by atomic mass is 32.2. The van der Waals surface area contributed by atoms with E-state index in [1.807, 2.05) is 0 Å². The van der Waals surface area contributed by atoms with Crippen LogP contribution in [0.2, 0.25) is 0 Å². The summed E-state index contributed by atoms with van der Waals surface area (Å²) in [4.78, 5) is 13.3. The Bertz CT molecular complexity index is 728. The number of primary sulfonamides is 1. The maximum absolute atomic E-state index is 14.0. The van der Waals surface area contributed by atoms with E-state index in [0.29, 0.717) is 18.7 Å². The van der Waals surface area contributed by atoms with Crippen molar-refractivity contribution in [1.29, 1.82) is 0 Å². The van der Waals surface area contributed by atoms with Gasteiger partial charge in [-0.15, -0.1) is 0 Å². The number of rotatable bonds is 2. The van der Waals surface area contributed by atoms with Crippen LogP contribution in [0.5, 0.6) is 0 Å². The minimum absolute atomic E-state index is 0.0738. The van der Waals surface area contributed by atoms with Crippen molar-refractivity contribution in [2.24, 2.45) is 5.14 Å². The van der Waals surface area contributed by atoms with Crippen molar-refractivity contribution in [3.05, 3.63) is 29.6 Å². The molecular weight excluding hydrogens is 335 g/mol. The Hall–Kier alpha value is -1.67. The van der Waals surface area contributed by atoms with E-state index in [2.05, 4.69) is 0 Å². The summed E-state index contributed by atoms with van der Waals surface area (Å²) in [6, 6.07) is 3.90. The molecule has 2 rings (SSSR count).